The summed E-state index contributed by atoms with van der Waals surface area (Å²) >= 11 is 0. The molecule has 6 atom stereocenters. The fraction of sp³-hybridized carbons (Fsp3) is 0.769. The number of aliphatic hydroxyl groups excluding tert-OH is 1. The van der Waals surface area contributed by atoms with Crippen molar-refractivity contribution < 1.29 is 9.84 Å². The van der Waals surface area contributed by atoms with Crippen molar-refractivity contribution in [1.29, 1.82) is 0 Å². The van der Waals surface area contributed by atoms with Crippen molar-refractivity contribution in [2.45, 2.75) is 89.8 Å². The summed E-state index contributed by atoms with van der Waals surface area (Å²) in [6.45, 7) is 9.75. The zero-order valence-electron chi connectivity index (χ0n) is 19.6. The predicted octanol–water partition coefficient (Wildman–Crippen LogP) is 4.26. The molecule has 30 heavy (non-hydrogen) atoms. The Balaban J connectivity index is 1.40. The van der Waals surface area contributed by atoms with Crippen molar-refractivity contribution in [2.24, 2.45) is 17.3 Å². The second-order valence-corrected chi connectivity index (χ2v) is 11.3. The van der Waals surface area contributed by atoms with Gasteiger partial charge in [-0.2, -0.15) is 0 Å². The molecule has 168 valence electrons. The third-order valence-corrected chi connectivity index (χ3v) is 8.36. The first kappa shape index (κ1) is 22.1. The van der Waals surface area contributed by atoms with E-state index in [9.17, 15) is 5.11 Å². The van der Waals surface area contributed by atoms with Crippen LogP contribution in [0.25, 0.3) is 0 Å². The molecule has 3 aliphatic rings. The number of aryl methyl sites for hydroxylation is 1. The quantitative estimate of drug-likeness (QED) is 0.651. The Morgan fingerprint density at radius 2 is 2.00 bits per heavy atom. The lowest BCUT2D eigenvalue weighted by Crippen LogP contribution is -2.47. The Labute approximate surface area is 183 Å². The Hall–Kier alpha value is -1.10. The average molecular weight is 415 g/mol. The van der Waals surface area contributed by atoms with E-state index in [0.29, 0.717) is 24.6 Å². The highest BCUT2D eigenvalue weighted by Crippen LogP contribution is 2.60. The molecule has 4 nitrogen and oxygen atoms in total. The van der Waals surface area contributed by atoms with Gasteiger partial charge in [-0.25, -0.2) is 0 Å². The number of rotatable bonds is 6. The fourth-order valence-electron chi connectivity index (χ4n) is 6.80. The minimum atomic E-state index is -0.497. The molecule has 2 fully saturated rings. The Morgan fingerprint density at radius 3 is 2.73 bits per heavy atom. The summed E-state index contributed by atoms with van der Waals surface area (Å²) in [7, 11) is 2.15. The first-order valence-electron chi connectivity index (χ1n) is 12.1. The van der Waals surface area contributed by atoms with E-state index in [1.807, 2.05) is 0 Å². The van der Waals surface area contributed by atoms with Crippen LogP contribution in [0.15, 0.2) is 18.2 Å². The molecule has 3 aliphatic carbocycles. The molecule has 0 radical (unpaired) electrons. The topological polar surface area (TPSA) is 53.5 Å². The Morgan fingerprint density at radius 1 is 1.20 bits per heavy atom. The van der Waals surface area contributed by atoms with E-state index < -0.39 is 6.10 Å². The number of hydrogen-bond donors (Lipinski definition) is 3. The molecule has 1 aromatic rings. The van der Waals surface area contributed by atoms with Crippen LogP contribution in [-0.4, -0.2) is 43.0 Å². The van der Waals surface area contributed by atoms with Crippen LogP contribution >= 0.6 is 0 Å². The second-order valence-electron chi connectivity index (χ2n) is 11.3. The molecule has 0 aliphatic heterocycles. The van der Waals surface area contributed by atoms with Gasteiger partial charge in [-0.05, 0) is 113 Å². The van der Waals surface area contributed by atoms with Crippen LogP contribution in [0.4, 0.5) is 0 Å². The van der Waals surface area contributed by atoms with Crippen molar-refractivity contribution in [3.8, 4) is 5.75 Å². The molecule has 0 spiro atoms. The lowest BCUT2D eigenvalue weighted by atomic mass is 9.55. The summed E-state index contributed by atoms with van der Waals surface area (Å²) in [5.41, 5.74) is 3.53. The van der Waals surface area contributed by atoms with Gasteiger partial charge in [0, 0.05) is 18.1 Å². The summed E-state index contributed by atoms with van der Waals surface area (Å²) in [6.07, 6.45) is 7.37. The number of hydrogen-bond acceptors (Lipinski definition) is 4. The van der Waals surface area contributed by atoms with Gasteiger partial charge < -0.3 is 20.5 Å². The standard InChI is InChI=1S/C26H42N2O2/c1-25(2,3)28-15-18(29)16-30-19-7-9-20-17(14-19)6-8-22-21(20)12-13-26(4)23(22)10-11-24(26)27-5/h7,9,14,18,21-24,27-29H,6,8,10-13,15-16H2,1-5H3/t18?,21-,22-,23+,24?,26+/m1/s1. The summed E-state index contributed by atoms with van der Waals surface area (Å²) in [5, 5.41) is 17.2. The first-order chi connectivity index (χ1) is 14.2. The number of ether oxygens (including phenoxy) is 1. The summed E-state index contributed by atoms with van der Waals surface area (Å²) < 4.78 is 5.95. The van der Waals surface area contributed by atoms with E-state index in [1.54, 1.807) is 5.56 Å². The van der Waals surface area contributed by atoms with Crippen LogP contribution in [-0.2, 0) is 6.42 Å². The monoisotopic (exact) mass is 414 g/mol. The maximum atomic E-state index is 10.2. The molecule has 2 unspecified atom stereocenters. The van der Waals surface area contributed by atoms with Crippen LogP contribution < -0.4 is 15.4 Å². The van der Waals surface area contributed by atoms with Crippen molar-refractivity contribution >= 4 is 0 Å². The molecule has 1 aromatic carbocycles. The van der Waals surface area contributed by atoms with Gasteiger partial charge in [0.05, 0.1) is 0 Å². The number of aliphatic hydroxyl groups is 1. The van der Waals surface area contributed by atoms with Crippen LogP contribution in [0, 0.1) is 17.3 Å². The van der Waals surface area contributed by atoms with Crippen LogP contribution in [0.2, 0.25) is 0 Å². The molecule has 0 heterocycles. The third kappa shape index (κ3) is 4.28. The normalized spacial score (nSPS) is 34.1. The van der Waals surface area contributed by atoms with E-state index in [0.717, 1.165) is 23.5 Å². The molecular formula is C26H42N2O2. The summed E-state index contributed by atoms with van der Waals surface area (Å²) in [6, 6.07) is 7.40. The maximum Gasteiger partial charge on any atom is 0.119 e. The molecule has 2 saturated carbocycles. The Kier molecular flexibility index (Phi) is 6.22. The third-order valence-electron chi connectivity index (χ3n) is 8.36. The SMILES string of the molecule is CNC1CC[C@H]2[C@@H]3CCc4cc(OCC(O)CNC(C)(C)C)ccc4[C@H]3CC[C@]12C. The molecule has 4 rings (SSSR count). The lowest BCUT2D eigenvalue weighted by molar-refractivity contribution is 0.0429. The second kappa shape index (κ2) is 8.44. The molecule has 0 saturated heterocycles. The number of fused-ring (bicyclic) bond motifs is 5. The number of β-amino-alcohol motifs (C(OH)–C–C–N with tert-alkyl or cyclic N) is 1. The zero-order valence-corrected chi connectivity index (χ0v) is 19.6. The molecular weight excluding hydrogens is 372 g/mol. The number of benzene rings is 1. The molecule has 0 aromatic heterocycles. The summed E-state index contributed by atoms with van der Waals surface area (Å²) in [5.74, 6) is 3.33. The van der Waals surface area contributed by atoms with Crippen molar-refractivity contribution in [3.05, 3.63) is 29.3 Å². The highest BCUT2D eigenvalue weighted by molar-refractivity contribution is 5.40. The van der Waals surface area contributed by atoms with Gasteiger partial charge in [-0.15, -0.1) is 0 Å². The van der Waals surface area contributed by atoms with Crippen LogP contribution in [0.3, 0.4) is 0 Å². The van der Waals surface area contributed by atoms with E-state index >= 15 is 0 Å². The maximum absolute atomic E-state index is 10.2. The van der Waals surface area contributed by atoms with Gasteiger partial charge in [0.25, 0.3) is 0 Å². The molecule has 4 heteroatoms. The van der Waals surface area contributed by atoms with Crippen LogP contribution in [0.5, 0.6) is 5.75 Å². The van der Waals surface area contributed by atoms with Gasteiger partial charge in [0.2, 0.25) is 0 Å². The average Bonchev–Trinajstić information content (AvgIpc) is 3.06. The Bertz CT molecular complexity index is 743. The van der Waals surface area contributed by atoms with Crippen molar-refractivity contribution in [2.75, 3.05) is 20.2 Å². The molecule has 3 N–H and O–H groups in total. The van der Waals surface area contributed by atoms with Gasteiger partial charge >= 0.3 is 0 Å². The van der Waals surface area contributed by atoms with Gasteiger partial charge in [0.1, 0.15) is 18.5 Å². The van der Waals surface area contributed by atoms with Gasteiger partial charge in [0.15, 0.2) is 0 Å². The van der Waals surface area contributed by atoms with E-state index in [-0.39, 0.29) is 5.54 Å². The number of nitrogens with one attached hydrogen (secondary N) is 2. The highest BCUT2D eigenvalue weighted by atomic mass is 16.5. The first-order valence-corrected chi connectivity index (χ1v) is 12.1. The van der Waals surface area contributed by atoms with Crippen molar-refractivity contribution in [1.82, 2.24) is 10.6 Å². The van der Waals surface area contributed by atoms with E-state index in [4.69, 9.17) is 4.74 Å². The van der Waals surface area contributed by atoms with E-state index in [2.05, 4.69) is 63.6 Å². The molecule has 0 bridgehead atoms. The highest BCUT2D eigenvalue weighted by Gasteiger charge is 2.54. The predicted molar refractivity (Wildman–Crippen MR) is 123 cm³/mol. The van der Waals surface area contributed by atoms with Gasteiger partial charge in [-0.1, -0.05) is 13.0 Å². The minimum absolute atomic E-state index is 0.00589. The fourth-order valence-corrected chi connectivity index (χ4v) is 6.80. The van der Waals surface area contributed by atoms with E-state index in [1.165, 1.54) is 44.1 Å². The van der Waals surface area contributed by atoms with Crippen LogP contribution in [0.1, 0.15) is 76.8 Å². The van der Waals surface area contributed by atoms with Gasteiger partial charge in [-0.3, -0.25) is 0 Å². The minimum Gasteiger partial charge on any atom is -0.491 e. The largest absolute Gasteiger partial charge is 0.491 e. The van der Waals surface area contributed by atoms with Crippen molar-refractivity contribution in [3.63, 3.8) is 0 Å². The zero-order chi connectivity index (χ0) is 21.5. The summed E-state index contributed by atoms with van der Waals surface area (Å²) in [4.78, 5) is 0. The lowest BCUT2D eigenvalue weighted by Gasteiger charge is -2.51. The smallest absolute Gasteiger partial charge is 0.119 e. The molecule has 0 amide bonds.